The first-order chi connectivity index (χ1) is 10.8. The third-order valence-electron chi connectivity index (χ3n) is 3.16. The Hall–Kier alpha value is -2.00. The number of aromatic nitrogens is 1. The van der Waals surface area contributed by atoms with Gasteiger partial charge in [0.1, 0.15) is 10.4 Å². The molecule has 2 rings (SSSR count). The molecule has 0 atom stereocenters. The van der Waals surface area contributed by atoms with Crippen LogP contribution < -0.4 is 4.74 Å². The summed E-state index contributed by atoms with van der Waals surface area (Å²) in [4.78, 5) is 12.0. The van der Waals surface area contributed by atoms with Gasteiger partial charge in [-0.3, -0.25) is 0 Å². The van der Waals surface area contributed by atoms with Gasteiger partial charge in [-0.1, -0.05) is 0 Å². The summed E-state index contributed by atoms with van der Waals surface area (Å²) in [6, 6.07) is 7.58. The quantitative estimate of drug-likeness (QED) is 0.829. The van der Waals surface area contributed by atoms with Gasteiger partial charge in [-0.25, -0.2) is 17.2 Å². The molecule has 1 amide bonds. The predicted octanol–water partition coefficient (Wildman–Crippen LogP) is 2.61. The number of ether oxygens (including phenoxy) is 1. The van der Waals surface area contributed by atoms with Crippen molar-refractivity contribution in [3.63, 3.8) is 0 Å². The lowest BCUT2D eigenvalue weighted by molar-refractivity contribution is 0.154. The fourth-order valence-electron chi connectivity index (χ4n) is 1.94. The number of rotatable bonds is 5. The second-order valence-electron chi connectivity index (χ2n) is 4.79. The van der Waals surface area contributed by atoms with E-state index in [0.717, 1.165) is 8.87 Å². The molecular formula is C14H15BrN2O5S. The fourth-order valence-corrected chi connectivity index (χ4v) is 4.17. The van der Waals surface area contributed by atoms with Crippen LogP contribution in [-0.2, 0) is 16.6 Å². The molecule has 1 N–H and O–H groups in total. The minimum Gasteiger partial charge on any atom is -0.497 e. The van der Waals surface area contributed by atoms with Crippen LogP contribution in [0.2, 0.25) is 0 Å². The molecule has 2 aromatic rings. The highest BCUT2D eigenvalue weighted by atomic mass is 79.9. The summed E-state index contributed by atoms with van der Waals surface area (Å²) in [5.74, 6) is 0.555. The zero-order valence-corrected chi connectivity index (χ0v) is 14.8. The van der Waals surface area contributed by atoms with Gasteiger partial charge in [0, 0.05) is 13.2 Å². The maximum absolute atomic E-state index is 12.6. The molecule has 0 aliphatic carbocycles. The van der Waals surface area contributed by atoms with E-state index in [9.17, 15) is 13.2 Å². The second-order valence-corrected chi connectivity index (χ2v) is 7.41. The average molecular weight is 403 g/mol. The van der Waals surface area contributed by atoms with Crippen LogP contribution in [0.5, 0.6) is 5.75 Å². The summed E-state index contributed by atoms with van der Waals surface area (Å²) < 4.78 is 31.7. The number of benzene rings is 1. The minimum atomic E-state index is -3.78. The van der Waals surface area contributed by atoms with Crippen LogP contribution >= 0.6 is 15.9 Å². The molecule has 1 aromatic heterocycles. The van der Waals surface area contributed by atoms with Crippen molar-refractivity contribution in [3.05, 3.63) is 46.7 Å². The van der Waals surface area contributed by atoms with Crippen LogP contribution in [0.15, 0.2) is 46.0 Å². The Bertz CT molecular complexity index is 814. The van der Waals surface area contributed by atoms with E-state index in [1.54, 1.807) is 18.2 Å². The van der Waals surface area contributed by atoms with Crippen molar-refractivity contribution in [1.29, 1.82) is 0 Å². The van der Waals surface area contributed by atoms with E-state index in [4.69, 9.17) is 9.84 Å². The molecule has 1 heterocycles. The summed E-state index contributed by atoms with van der Waals surface area (Å²) in [6.07, 6.45) is 0.301. The third-order valence-corrected chi connectivity index (χ3v) is 5.69. The molecule has 0 saturated carbocycles. The van der Waals surface area contributed by atoms with Gasteiger partial charge >= 0.3 is 6.09 Å². The number of hydrogen-bond acceptors (Lipinski definition) is 4. The highest BCUT2D eigenvalue weighted by Gasteiger charge is 2.21. The van der Waals surface area contributed by atoms with Gasteiger partial charge in [-0.05, 0) is 51.8 Å². The largest absolute Gasteiger partial charge is 0.497 e. The van der Waals surface area contributed by atoms with Crippen molar-refractivity contribution in [2.45, 2.75) is 11.4 Å². The molecule has 0 bridgehead atoms. The van der Waals surface area contributed by atoms with Crippen molar-refractivity contribution >= 4 is 32.0 Å². The summed E-state index contributed by atoms with van der Waals surface area (Å²) in [7, 11) is -0.876. The first-order valence-electron chi connectivity index (χ1n) is 6.46. The van der Waals surface area contributed by atoms with Gasteiger partial charge in [0.25, 0.3) is 10.0 Å². The van der Waals surface area contributed by atoms with Gasteiger partial charge in [-0.2, -0.15) is 0 Å². The fraction of sp³-hybridized carbons (Fsp3) is 0.214. The molecular weight excluding hydrogens is 388 g/mol. The van der Waals surface area contributed by atoms with E-state index in [2.05, 4.69) is 15.9 Å². The lowest BCUT2D eigenvalue weighted by atomic mass is 10.3. The van der Waals surface area contributed by atoms with Gasteiger partial charge in [0.2, 0.25) is 0 Å². The summed E-state index contributed by atoms with van der Waals surface area (Å²) >= 11 is 3.20. The van der Waals surface area contributed by atoms with Crippen LogP contribution in [0, 0.1) is 0 Å². The standard InChI is InChI=1S/C14H15BrN2O5S/c1-16(14(18)19)8-10-7-13(15)17(9-10)23(20,21)12-5-3-11(22-2)4-6-12/h3-7,9H,8H2,1-2H3,(H,18,19). The molecule has 0 radical (unpaired) electrons. The van der Waals surface area contributed by atoms with Crippen molar-refractivity contribution < 1.29 is 23.1 Å². The molecule has 0 unspecified atom stereocenters. The first-order valence-corrected chi connectivity index (χ1v) is 8.69. The lowest BCUT2D eigenvalue weighted by Crippen LogP contribution is -2.23. The Morgan fingerprint density at radius 3 is 2.48 bits per heavy atom. The van der Waals surface area contributed by atoms with Crippen molar-refractivity contribution in [3.8, 4) is 5.75 Å². The molecule has 124 valence electrons. The average Bonchev–Trinajstić information content (AvgIpc) is 2.88. The van der Waals surface area contributed by atoms with E-state index in [1.165, 1.54) is 32.5 Å². The molecule has 23 heavy (non-hydrogen) atoms. The number of carboxylic acid groups (broad SMARTS) is 1. The van der Waals surface area contributed by atoms with Crippen molar-refractivity contribution in [2.24, 2.45) is 0 Å². The smallest absolute Gasteiger partial charge is 0.407 e. The van der Waals surface area contributed by atoms with Crippen LogP contribution in [0.4, 0.5) is 4.79 Å². The zero-order valence-electron chi connectivity index (χ0n) is 12.4. The minimum absolute atomic E-state index is 0.0824. The summed E-state index contributed by atoms with van der Waals surface area (Å²) in [5, 5.41) is 8.88. The first kappa shape index (κ1) is 17.4. The lowest BCUT2D eigenvalue weighted by Gasteiger charge is -2.11. The van der Waals surface area contributed by atoms with E-state index < -0.39 is 16.1 Å². The Morgan fingerprint density at radius 2 is 1.96 bits per heavy atom. The third kappa shape index (κ3) is 3.67. The number of carbonyl (C=O) groups is 1. The second kappa shape index (κ2) is 6.63. The highest BCUT2D eigenvalue weighted by molar-refractivity contribution is 9.10. The van der Waals surface area contributed by atoms with Gasteiger partial charge in [-0.15, -0.1) is 0 Å². The van der Waals surface area contributed by atoms with Gasteiger partial charge < -0.3 is 14.7 Å². The molecule has 9 heteroatoms. The molecule has 0 aliphatic rings. The molecule has 0 saturated heterocycles. The molecule has 0 aliphatic heterocycles. The Balaban J connectivity index is 2.36. The maximum Gasteiger partial charge on any atom is 0.407 e. The number of nitrogens with zero attached hydrogens (tertiary/aromatic N) is 2. The molecule has 1 aromatic carbocycles. The Kier molecular flexibility index (Phi) is 5.00. The normalized spacial score (nSPS) is 11.3. The molecule has 7 nitrogen and oxygen atoms in total. The van der Waals surface area contributed by atoms with Gasteiger partial charge in [0.05, 0.1) is 18.6 Å². The van der Waals surface area contributed by atoms with Crippen molar-refractivity contribution in [1.82, 2.24) is 8.87 Å². The van der Waals surface area contributed by atoms with Crippen LogP contribution in [0.3, 0.4) is 0 Å². The maximum atomic E-state index is 12.6. The van der Waals surface area contributed by atoms with Crippen LogP contribution in [0.25, 0.3) is 0 Å². The SMILES string of the molecule is COc1ccc(S(=O)(=O)n2cc(CN(C)C(=O)O)cc2Br)cc1. The Labute approximate surface area is 142 Å². The number of halogens is 1. The van der Waals surface area contributed by atoms with E-state index in [0.29, 0.717) is 15.9 Å². The van der Waals surface area contributed by atoms with Crippen LogP contribution in [-0.4, -0.2) is 42.6 Å². The Morgan fingerprint density at radius 1 is 1.35 bits per heavy atom. The van der Waals surface area contributed by atoms with E-state index >= 15 is 0 Å². The molecule has 0 fully saturated rings. The monoisotopic (exact) mass is 402 g/mol. The summed E-state index contributed by atoms with van der Waals surface area (Å²) in [6.45, 7) is 0.0824. The summed E-state index contributed by atoms with van der Waals surface area (Å²) in [5.41, 5.74) is 0.555. The zero-order chi connectivity index (χ0) is 17.2. The highest BCUT2D eigenvalue weighted by Crippen LogP contribution is 2.24. The van der Waals surface area contributed by atoms with Crippen LogP contribution in [0.1, 0.15) is 5.56 Å². The number of amides is 1. The molecule has 0 spiro atoms. The van der Waals surface area contributed by atoms with E-state index in [1.807, 2.05) is 0 Å². The topological polar surface area (TPSA) is 88.8 Å². The van der Waals surface area contributed by atoms with Crippen molar-refractivity contribution in [2.75, 3.05) is 14.2 Å². The van der Waals surface area contributed by atoms with Gasteiger partial charge in [0.15, 0.2) is 0 Å². The predicted molar refractivity (Wildman–Crippen MR) is 87.2 cm³/mol. The number of methoxy groups -OCH3 is 1. The van der Waals surface area contributed by atoms with E-state index in [-0.39, 0.29) is 11.4 Å². The number of hydrogen-bond donors (Lipinski definition) is 1.